The molecule has 1 aromatic carbocycles. The van der Waals surface area contributed by atoms with Crippen LogP contribution in [0.3, 0.4) is 0 Å². The molecule has 1 aliphatic rings. The van der Waals surface area contributed by atoms with Crippen LogP contribution in [0.4, 0.5) is 4.79 Å². The summed E-state index contributed by atoms with van der Waals surface area (Å²) in [6.07, 6.45) is 0.693. The summed E-state index contributed by atoms with van der Waals surface area (Å²) < 4.78 is 5.48. The highest BCUT2D eigenvalue weighted by atomic mass is 16.6. The fourth-order valence-corrected chi connectivity index (χ4v) is 2.62. The summed E-state index contributed by atoms with van der Waals surface area (Å²) in [6, 6.07) is 6.39. The number of hydrogen-bond acceptors (Lipinski definition) is 2. The fraction of sp³-hybridized carbons (Fsp3) is 0.562. The first-order valence-electron chi connectivity index (χ1n) is 6.87. The minimum absolute atomic E-state index is 0.0819. The molecule has 3 nitrogen and oxygen atoms in total. The average Bonchev–Trinajstić information content (AvgIpc) is 2.28. The molecule has 19 heavy (non-hydrogen) atoms. The molecular weight excluding hydrogens is 238 g/mol. The lowest BCUT2D eigenvalue weighted by molar-refractivity contribution is 0.0159. The standard InChI is InChI=1S/C16H23NO2/c1-11-7-6-8-14-12(2)17(10-9-13(11)14)15(18)19-16(3,4)5/h6-8,12H,9-10H2,1-5H3/t12-/m0/s1. The van der Waals surface area contributed by atoms with Crippen molar-refractivity contribution in [3.05, 3.63) is 34.9 Å². The van der Waals surface area contributed by atoms with Crippen molar-refractivity contribution in [2.24, 2.45) is 0 Å². The number of rotatable bonds is 0. The van der Waals surface area contributed by atoms with Gasteiger partial charge in [-0.25, -0.2) is 4.79 Å². The summed E-state index contributed by atoms with van der Waals surface area (Å²) >= 11 is 0. The number of carbonyl (C=O) groups is 1. The number of carbonyl (C=O) groups excluding carboxylic acids is 1. The largest absolute Gasteiger partial charge is 0.444 e. The third kappa shape index (κ3) is 2.91. The molecule has 0 radical (unpaired) electrons. The van der Waals surface area contributed by atoms with Gasteiger partial charge in [0.15, 0.2) is 0 Å². The summed E-state index contributed by atoms with van der Waals surface area (Å²) in [6.45, 7) is 10.6. The smallest absolute Gasteiger partial charge is 0.410 e. The van der Waals surface area contributed by atoms with Crippen LogP contribution in [0.1, 0.15) is 50.4 Å². The topological polar surface area (TPSA) is 29.5 Å². The lowest BCUT2D eigenvalue weighted by Crippen LogP contribution is -2.42. The Morgan fingerprint density at radius 1 is 1.37 bits per heavy atom. The Kier molecular flexibility index (Phi) is 3.57. The van der Waals surface area contributed by atoms with Crippen molar-refractivity contribution < 1.29 is 9.53 Å². The van der Waals surface area contributed by atoms with Crippen LogP contribution >= 0.6 is 0 Å². The Bertz CT molecular complexity index is 488. The van der Waals surface area contributed by atoms with E-state index in [9.17, 15) is 4.79 Å². The summed E-state index contributed by atoms with van der Waals surface area (Å²) in [4.78, 5) is 14.0. The number of nitrogens with zero attached hydrogens (tertiary/aromatic N) is 1. The SMILES string of the molecule is Cc1cccc2c1CCN(C(=O)OC(C)(C)C)[C@H]2C. The van der Waals surface area contributed by atoms with Gasteiger partial charge in [-0.15, -0.1) is 0 Å². The highest BCUT2D eigenvalue weighted by Gasteiger charge is 2.31. The van der Waals surface area contributed by atoms with Gasteiger partial charge in [0.05, 0.1) is 6.04 Å². The lowest BCUT2D eigenvalue weighted by atomic mass is 9.90. The maximum absolute atomic E-state index is 12.2. The minimum atomic E-state index is -0.441. The predicted octanol–water partition coefficient (Wildman–Crippen LogP) is 3.85. The molecule has 3 heteroatoms. The number of fused-ring (bicyclic) bond motifs is 1. The van der Waals surface area contributed by atoms with E-state index in [1.54, 1.807) is 0 Å². The lowest BCUT2D eigenvalue weighted by Gasteiger charge is -2.36. The van der Waals surface area contributed by atoms with Gasteiger partial charge in [-0.3, -0.25) is 0 Å². The molecule has 0 unspecified atom stereocenters. The normalized spacial score (nSPS) is 19.0. The summed E-state index contributed by atoms with van der Waals surface area (Å²) in [5.41, 5.74) is 3.50. The van der Waals surface area contributed by atoms with Gasteiger partial charge in [-0.1, -0.05) is 18.2 Å². The number of benzene rings is 1. The first-order chi connectivity index (χ1) is 8.79. The van der Waals surface area contributed by atoms with Gasteiger partial charge < -0.3 is 9.64 Å². The molecule has 0 saturated heterocycles. The van der Waals surface area contributed by atoms with Crippen molar-refractivity contribution >= 4 is 6.09 Å². The molecule has 1 atom stereocenters. The van der Waals surface area contributed by atoms with Gasteiger partial charge in [0.25, 0.3) is 0 Å². The van der Waals surface area contributed by atoms with Gasteiger partial charge in [0.2, 0.25) is 0 Å². The van der Waals surface area contributed by atoms with E-state index in [0.29, 0.717) is 0 Å². The second-order valence-electron chi connectivity index (χ2n) is 6.24. The van der Waals surface area contributed by atoms with Crippen molar-refractivity contribution in [3.8, 4) is 0 Å². The molecule has 0 aromatic heterocycles. The maximum atomic E-state index is 12.2. The van der Waals surface area contributed by atoms with Gasteiger partial charge in [0.1, 0.15) is 5.60 Å². The van der Waals surface area contributed by atoms with Crippen LogP contribution in [0.5, 0.6) is 0 Å². The van der Waals surface area contributed by atoms with E-state index in [0.717, 1.165) is 13.0 Å². The average molecular weight is 261 g/mol. The highest BCUT2D eigenvalue weighted by molar-refractivity contribution is 5.69. The van der Waals surface area contributed by atoms with Gasteiger partial charge in [-0.2, -0.15) is 0 Å². The van der Waals surface area contributed by atoms with Crippen LogP contribution in [-0.4, -0.2) is 23.1 Å². The quantitative estimate of drug-likeness (QED) is 0.710. The number of hydrogen-bond donors (Lipinski definition) is 0. The predicted molar refractivity (Wildman–Crippen MR) is 76.2 cm³/mol. The summed E-state index contributed by atoms with van der Waals surface area (Å²) in [5, 5.41) is 0. The van der Waals surface area contributed by atoms with Crippen molar-refractivity contribution in [1.82, 2.24) is 4.90 Å². The first kappa shape index (κ1) is 13.9. The third-order valence-electron chi connectivity index (χ3n) is 3.59. The molecule has 0 aliphatic carbocycles. The molecule has 0 saturated carbocycles. The van der Waals surface area contributed by atoms with Crippen LogP contribution in [-0.2, 0) is 11.2 Å². The van der Waals surface area contributed by atoms with Crippen LogP contribution in [0.2, 0.25) is 0 Å². The Balaban J connectivity index is 2.22. The van der Waals surface area contributed by atoms with E-state index in [1.165, 1.54) is 16.7 Å². The minimum Gasteiger partial charge on any atom is -0.444 e. The number of ether oxygens (including phenoxy) is 1. The monoisotopic (exact) mass is 261 g/mol. The molecular formula is C16H23NO2. The van der Waals surface area contributed by atoms with E-state index in [1.807, 2.05) is 25.7 Å². The van der Waals surface area contributed by atoms with E-state index in [2.05, 4.69) is 32.0 Å². The zero-order valence-corrected chi connectivity index (χ0v) is 12.5. The molecule has 0 fully saturated rings. The number of aryl methyl sites for hydroxylation is 1. The molecule has 0 spiro atoms. The molecule has 0 N–H and O–H groups in total. The van der Waals surface area contributed by atoms with E-state index >= 15 is 0 Å². The second kappa shape index (κ2) is 4.87. The van der Waals surface area contributed by atoms with E-state index in [-0.39, 0.29) is 12.1 Å². The van der Waals surface area contributed by atoms with Gasteiger partial charge >= 0.3 is 6.09 Å². The Morgan fingerprint density at radius 2 is 2.05 bits per heavy atom. The zero-order chi connectivity index (χ0) is 14.2. The summed E-state index contributed by atoms with van der Waals surface area (Å²) in [7, 11) is 0. The van der Waals surface area contributed by atoms with Crippen molar-refractivity contribution in [2.45, 2.75) is 52.7 Å². The fourth-order valence-electron chi connectivity index (χ4n) is 2.62. The molecule has 1 aromatic rings. The van der Waals surface area contributed by atoms with Crippen LogP contribution < -0.4 is 0 Å². The summed E-state index contributed by atoms with van der Waals surface area (Å²) in [5.74, 6) is 0. The zero-order valence-electron chi connectivity index (χ0n) is 12.5. The third-order valence-corrected chi connectivity index (χ3v) is 3.59. The molecule has 104 valence electrons. The Morgan fingerprint density at radius 3 is 2.68 bits per heavy atom. The Hall–Kier alpha value is -1.51. The molecule has 1 aliphatic heterocycles. The van der Waals surface area contributed by atoms with E-state index < -0.39 is 5.60 Å². The second-order valence-corrected chi connectivity index (χ2v) is 6.24. The Labute approximate surface area is 115 Å². The van der Waals surface area contributed by atoms with Crippen molar-refractivity contribution in [2.75, 3.05) is 6.54 Å². The van der Waals surface area contributed by atoms with Gasteiger partial charge in [0, 0.05) is 6.54 Å². The molecule has 1 heterocycles. The molecule has 0 bridgehead atoms. The van der Waals surface area contributed by atoms with Crippen molar-refractivity contribution in [1.29, 1.82) is 0 Å². The number of amides is 1. The van der Waals surface area contributed by atoms with E-state index in [4.69, 9.17) is 4.74 Å². The first-order valence-corrected chi connectivity index (χ1v) is 6.87. The highest BCUT2D eigenvalue weighted by Crippen LogP contribution is 2.32. The molecule has 2 rings (SSSR count). The van der Waals surface area contributed by atoms with Crippen molar-refractivity contribution in [3.63, 3.8) is 0 Å². The van der Waals surface area contributed by atoms with Crippen LogP contribution in [0.15, 0.2) is 18.2 Å². The van der Waals surface area contributed by atoms with Gasteiger partial charge in [-0.05, 0) is 57.7 Å². The maximum Gasteiger partial charge on any atom is 0.410 e. The molecule has 1 amide bonds. The van der Waals surface area contributed by atoms with Crippen LogP contribution in [0.25, 0.3) is 0 Å². The van der Waals surface area contributed by atoms with Crippen LogP contribution in [0, 0.1) is 6.92 Å².